The molecule has 35 heavy (non-hydrogen) atoms. The monoisotopic (exact) mass is 532 g/mol. The van der Waals surface area contributed by atoms with Crippen molar-refractivity contribution in [3.05, 3.63) is 93.1 Å². The molecule has 0 aliphatic carbocycles. The fraction of sp³-hybridized carbons (Fsp3) is 0.148. The fourth-order valence-corrected chi connectivity index (χ4v) is 4.38. The van der Waals surface area contributed by atoms with Gasteiger partial charge in [-0.25, -0.2) is 4.68 Å². The molecule has 0 spiro atoms. The summed E-state index contributed by atoms with van der Waals surface area (Å²) in [5.74, 6) is -2.15. The number of aromatic nitrogens is 1. The summed E-state index contributed by atoms with van der Waals surface area (Å²) >= 11 is 3.43. The maximum absolute atomic E-state index is 13.2. The molecule has 4 aromatic rings. The Kier molecular flexibility index (Phi) is 6.75. The molecule has 0 aliphatic heterocycles. The first-order valence-corrected chi connectivity index (χ1v) is 11.8. The molecule has 3 amide bonds. The maximum Gasteiger partial charge on any atom is 0.328 e. The molecular formula is C27H25BrN4O3. The van der Waals surface area contributed by atoms with Crippen molar-refractivity contribution in [1.82, 2.24) is 4.68 Å². The third kappa shape index (κ3) is 5.44. The first-order chi connectivity index (χ1) is 16.6. The molecule has 178 valence electrons. The summed E-state index contributed by atoms with van der Waals surface area (Å²) in [7, 11) is 0. The van der Waals surface area contributed by atoms with Crippen LogP contribution in [0.1, 0.15) is 32.7 Å². The first-order valence-electron chi connectivity index (χ1n) is 11.0. The van der Waals surface area contributed by atoms with Crippen LogP contribution in [0.5, 0.6) is 0 Å². The van der Waals surface area contributed by atoms with Crippen LogP contribution in [0.4, 0.5) is 11.4 Å². The van der Waals surface area contributed by atoms with Crippen LogP contribution >= 0.6 is 15.9 Å². The molecule has 1 heterocycles. The number of aryl methyl sites for hydroxylation is 4. The average molecular weight is 533 g/mol. The molecule has 0 saturated heterocycles. The van der Waals surface area contributed by atoms with Crippen molar-refractivity contribution in [2.75, 3.05) is 16.1 Å². The van der Waals surface area contributed by atoms with Gasteiger partial charge in [-0.2, -0.15) is 0 Å². The Bertz CT molecular complexity index is 1470. The number of amides is 3. The summed E-state index contributed by atoms with van der Waals surface area (Å²) in [6, 6.07) is 18.3. The number of hydrogen-bond acceptors (Lipinski definition) is 3. The zero-order valence-corrected chi connectivity index (χ0v) is 21.4. The summed E-state index contributed by atoms with van der Waals surface area (Å²) in [5, 5.41) is 6.25. The van der Waals surface area contributed by atoms with E-state index in [0.717, 1.165) is 32.1 Å². The smallest absolute Gasteiger partial charge is 0.320 e. The number of nitrogens with zero attached hydrogens (tertiary/aromatic N) is 1. The molecule has 3 N–H and O–H groups in total. The number of rotatable bonds is 4. The van der Waals surface area contributed by atoms with E-state index in [1.54, 1.807) is 30.3 Å². The topological polar surface area (TPSA) is 92.2 Å². The van der Waals surface area contributed by atoms with E-state index in [1.165, 1.54) is 4.68 Å². The Balaban J connectivity index is 1.64. The summed E-state index contributed by atoms with van der Waals surface area (Å²) < 4.78 is 2.16. The van der Waals surface area contributed by atoms with Crippen molar-refractivity contribution in [3.8, 4) is 0 Å². The molecule has 7 nitrogen and oxygen atoms in total. The van der Waals surface area contributed by atoms with Crippen molar-refractivity contribution in [3.63, 3.8) is 0 Å². The predicted octanol–water partition coefficient (Wildman–Crippen LogP) is 5.60. The van der Waals surface area contributed by atoms with E-state index in [1.807, 2.05) is 58.0 Å². The highest BCUT2D eigenvalue weighted by atomic mass is 79.9. The number of halogens is 1. The molecule has 1 aromatic heterocycles. The largest absolute Gasteiger partial charge is 0.328 e. The SMILES string of the molecule is Cc1cc(C)cc(NC(=O)C(=O)Nn2c(C(=O)Nc3ccc(C)cc3C)cc3cc(Br)ccc32)c1. The lowest BCUT2D eigenvalue weighted by Crippen LogP contribution is -2.36. The minimum Gasteiger partial charge on any atom is -0.320 e. The zero-order chi connectivity index (χ0) is 25.3. The molecule has 0 saturated carbocycles. The normalized spacial score (nSPS) is 10.8. The van der Waals surface area contributed by atoms with E-state index in [9.17, 15) is 14.4 Å². The number of hydrogen-bond donors (Lipinski definition) is 3. The second kappa shape index (κ2) is 9.76. The van der Waals surface area contributed by atoms with Crippen LogP contribution in [-0.2, 0) is 9.59 Å². The van der Waals surface area contributed by atoms with Crippen LogP contribution in [0.25, 0.3) is 10.9 Å². The van der Waals surface area contributed by atoms with Gasteiger partial charge in [-0.3, -0.25) is 19.8 Å². The molecule has 4 rings (SSSR count). The summed E-state index contributed by atoms with van der Waals surface area (Å²) in [6.07, 6.45) is 0. The highest BCUT2D eigenvalue weighted by molar-refractivity contribution is 9.10. The molecule has 0 unspecified atom stereocenters. The van der Waals surface area contributed by atoms with E-state index in [2.05, 4.69) is 32.0 Å². The van der Waals surface area contributed by atoms with Crippen molar-refractivity contribution in [1.29, 1.82) is 0 Å². The van der Waals surface area contributed by atoms with Crippen molar-refractivity contribution < 1.29 is 14.4 Å². The van der Waals surface area contributed by atoms with Gasteiger partial charge in [-0.15, -0.1) is 0 Å². The number of benzene rings is 3. The van der Waals surface area contributed by atoms with Crippen LogP contribution in [0, 0.1) is 27.7 Å². The molecule has 0 radical (unpaired) electrons. The summed E-state index contributed by atoms with van der Waals surface area (Å²) in [4.78, 5) is 38.7. The lowest BCUT2D eigenvalue weighted by atomic mass is 10.1. The van der Waals surface area contributed by atoms with Crippen LogP contribution in [0.2, 0.25) is 0 Å². The van der Waals surface area contributed by atoms with Gasteiger partial charge < -0.3 is 10.6 Å². The Labute approximate surface area is 211 Å². The minimum atomic E-state index is -0.898. The van der Waals surface area contributed by atoms with Gasteiger partial charge in [0.25, 0.3) is 5.91 Å². The predicted molar refractivity (Wildman–Crippen MR) is 142 cm³/mol. The molecule has 0 aliphatic rings. The highest BCUT2D eigenvalue weighted by Crippen LogP contribution is 2.25. The molecule has 0 fully saturated rings. The van der Waals surface area contributed by atoms with E-state index < -0.39 is 17.7 Å². The Morgan fingerprint density at radius 2 is 1.46 bits per heavy atom. The first kappa shape index (κ1) is 24.2. The Hall–Kier alpha value is -3.91. The number of fused-ring (bicyclic) bond motifs is 1. The number of carbonyl (C=O) groups is 3. The molecule has 3 aromatic carbocycles. The molecule has 8 heteroatoms. The van der Waals surface area contributed by atoms with E-state index in [4.69, 9.17) is 0 Å². The van der Waals surface area contributed by atoms with Crippen molar-refractivity contribution in [2.45, 2.75) is 27.7 Å². The number of nitrogens with one attached hydrogen (secondary N) is 3. The van der Waals surface area contributed by atoms with Crippen molar-refractivity contribution >= 4 is 55.9 Å². The average Bonchev–Trinajstić information content (AvgIpc) is 3.12. The van der Waals surface area contributed by atoms with Gasteiger partial charge in [0.05, 0.1) is 5.52 Å². The second-order valence-corrected chi connectivity index (χ2v) is 9.53. The van der Waals surface area contributed by atoms with Gasteiger partial charge in [-0.05, 0) is 86.8 Å². The van der Waals surface area contributed by atoms with Gasteiger partial charge in [0.15, 0.2) is 0 Å². The third-order valence-corrected chi connectivity index (χ3v) is 6.02. The molecule has 0 bridgehead atoms. The highest BCUT2D eigenvalue weighted by Gasteiger charge is 2.21. The van der Waals surface area contributed by atoms with Gasteiger partial charge in [0.1, 0.15) is 5.69 Å². The standard InChI is InChI=1S/C27H25BrN4O3/c1-15-5-7-22(18(4)10-15)30-25(33)24-14-19-13-20(28)6-8-23(19)32(24)31-27(35)26(34)29-21-11-16(2)9-17(3)12-21/h5-14H,1-4H3,(H,29,34)(H,30,33)(H,31,35). The van der Waals surface area contributed by atoms with E-state index in [-0.39, 0.29) is 5.69 Å². The number of anilines is 2. The lowest BCUT2D eigenvalue weighted by Gasteiger charge is -2.14. The van der Waals surface area contributed by atoms with Gasteiger partial charge in [0, 0.05) is 21.2 Å². The van der Waals surface area contributed by atoms with E-state index in [0.29, 0.717) is 16.9 Å². The van der Waals surface area contributed by atoms with Crippen LogP contribution < -0.4 is 16.1 Å². The zero-order valence-electron chi connectivity index (χ0n) is 19.8. The van der Waals surface area contributed by atoms with Gasteiger partial charge >= 0.3 is 11.8 Å². The van der Waals surface area contributed by atoms with E-state index >= 15 is 0 Å². The summed E-state index contributed by atoms with van der Waals surface area (Å²) in [6.45, 7) is 7.71. The Morgan fingerprint density at radius 1 is 0.743 bits per heavy atom. The fourth-order valence-electron chi connectivity index (χ4n) is 4.00. The van der Waals surface area contributed by atoms with Crippen LogP contribution in [0.15, 0.2) is 65.1 Å². The molecule has 0 atom stereocenters. The maximum atomic E-state index is 13.2. The third-order valence-electron chi connectivity index (χ3n) is 5.53. The number of carbonyl (C=O) groups excluding carboxylic acids is 3. The second-order valence-electron chi connectivity index (χ2n) is 8.61. The van der Waals surface area contributed by atoms with Crippen LogP contribution in [-0.4, -0.2) is 22.4 Å². The minimum absolute atomic E-state index is 0.186. The molecular weight excluding hydrogens is 508 g/mol. The van der Waals surface area contributed by atoms with Gasteiger partial charge in [0.2, 0.25) is 0 Å². The van der Waals surface area contributed by atoms with Crippen molar-refractivity contribution in [2.24, 2.45) is 0 Å². The van der Waals surface area contributed by atoms with Crippen LogP contribution in [0.3, 0.4) is 0 Å². The lowest BCUT2D eigenvalue weighted by molar-refractivity contribution is -0.133. The summed E-state index contributed by atoms with van der Waals surface area (Å²) in [5.41, 5.74) is 8.47. The van der Waals surface area contributed by atoms with Gasteiger partial charge in [-0.1, -0.05) is 39.7 Å². The Morgan fingerprint density at radius 3 is 2.14 bits per heavy atom. The quantitative estimate of drug-likeness (QED) is 0.299.